The van der Waals surface area contributed by atoms with Crippen LogP contribution >= 0.6 is 0 Å². The topological polar surface area (TPSA) is 35.2 Å². The van der Waals surface area contributed by atoms with Gasteiger partial charge in [0.15, 0.2) is 0 Å². The molecule has 21 heavy (non-hydrogen) atoms. The molecule has 0 spiro atoms. The van der Waals surface area contributed by atoms with Crippen molar-refractivity contribution in [3.63, 3.8) is 0 Å². The van der Waals surface area contributed by atoms with Crippen LogP contribution in [-0.4, -0.2) is 12.6 Å². The predicted octanol–water partition coefficient (Wildman–Crippen LogP) is 4.06. The van der Waals surface area contributed by atoms with Gasteiger partial charge in [0, 0.05) is 6.54 Å². The molecule has 0 radical (unpaired) electrons. The van der Waals surface area contributed by atoms with Gasteiger partial charge in [-0.25, -0.2) is 4.39 Å². The van der Waals surface area contributed by atoms with Gasteiger partial charge < -0.3 is 10.5 Å². The minimum atomic E-state index is -0.220. The number of fused-ring (bicyclic) bond motifs is 2. The molecule has 2 aliphatic carbocycles. The highest BCUT2D eigenvalue weighted by atomic mass is 19.1. The zero-order valence-corrected chi connectivity index (χ0v) is 13.2. The first-order valence-corrected chi connectivity index (χ1v) is 7.99. The van der Waals surface area contributed by atoms with Gasteiger partial charge in [0.05, 0.1) is 12.2 Å². The Labute approximate surface area is 126 Å². The fraction of sp³-hybridized carbons (Fsp3) is 0.667. The lowest BCUT2D eigenvalue weighted by molar-refractivity contribution is -0.0849. The number of ether oxygens (including phenoxy) is 1. The summed E-state index contributed by atoms with van der Waals surface area (Å²) in [7, 11) is 0. The van der Waals surface area contributed by atoms with Crippen LogP contribution in [0.15, 0.2) is 24.3 Å². The lowest BCUT2D eigenvalue weighted by atomic mass is 9.70. The third kappa shape index (κ3) is 2.22. The molecule has 3 rings (SSSR count). The van der Waals surface area contributed by atoms with Crippen molar-refractivity contribution in [3.8, 4) is 0 Å². The molecular formula is C18H26FNO. The highest BCUT2D eigenvalue weighted by Gasteiger charge is 2.62. The number of hydrogen-bond acceptors (Lipinski definition) is 2. The molecule has 2 fully saturated rings. The quantitative estimate of drug-likeness (QED) is 0.908. The van der Waals surface area contributed by atoms with Crippen LogP contribution in [-0.2, 0) is 4.74 Å². The zero-order chi connectivity index (χ0) is 15.3. The first-order valence-electron chi connectivity index (χ1n) is 7.99. The molecule has 2 bridgehead atoms. The molecule has 116 valence electrons. The minimum absolute atomic E-state index is 0.137. The van der Waals surface area contributed by atoms with Crippen LogP contribution in [0.5, 0.6) is 0 Å². The van der Waals surface area contributed by atoms with Crippen LogP contribution in [0.4, 0.5) is 4.39 Å². The van der Waals surface area contributed by atoms with E-state index >= 15 is 0 Å². The van der Waals surface area contributed by atoms with Crippen LogP contribution in [0.1, 0.15) is 51.7 Å². The lowest BCUT2D eigenvalue weighted by Crippen LogP contribution is -2.38. The highest BCUT2D eigenvalue weighted by Crippen LogP contribution is 2.66. The van der Waals surface area contributed by atoms with Gasteiger partial charge in [-0.15, -0.1) is 0 Å². The molecule has 1 aromatic carbocycles. The summed E-state index contributed by atoms with van der Waals surface area (Å²) in [6.45, 7) is 7.55. The monoisotopic (exact) mass is 291 g/mol. The highest BCUT2D eigenvalue weighted by molar-refractivity contribution is 5.20. The van der Waals surface area contributed by atoms with Gasteiger partial charge >= 0.3 is 0 Å². The molecule has 1 aromatic rings. The molecule has 2 aliphatic rings. The van der Waals surface area contributed by atoms with Crippen molar-refractivity contribution in [2.75, 3.05) is 6.54 Å². The van der Waals surface area contributed by atoms with E-state index in [1.54, 1.807) is 12.1 Å². The Bertz CT molecular complexity index is 512. The SMILES string of the molecule is CC1(C)C2CCC1(C)C(OC(CN)c1ccc(F)cc1)C2. The van der Waals surface area contributed by atoms with Crippen molar-refractivity contribution in [2.45, 2.75) is 52.2 Å². The van der Waals surface area contributed by atoms with Crippen LogP contribution in [0.2, 0.25) is 0 Å². The van der Waals surface area contributed by atoms with E-state index in [-0.39, 0.29) is 23.4 Å². The summed E-state index contributed by atoms with van der Waals surface area (Å²) in [6.07, 6.45) is 3.79. The summed E-state index contributed by atoms with van der Waals surface area (Å²) >= 11 is 0. The summed E-state index contributed by atoms with van der Waals surface area (Å²) in [5.41, 5.74) is 7.45. The second-order valence-corrected chi connectivity index (χ2v) is 7.51. The third-order valence-corrected chi connectivity index (χ3v) is 6.50. The molecule has 0 amide bonds. The Balaban J connectivity index is 1.78. The first kappa shape index (κ1) is 15.0. The molecule has 2 N–H and O–H groups in total. The Kier molecular flexibility index (Phi) is 3.61. The van der Waals surface area contributed by atoms with Crippen molar-refractivity contribution >= 4 is 0 Å². The molecule has 4 atom stereocenters. The standard InChI is InChI=1S/C18H26FNO/c1-17(2)13-8-9-18(17,3)16(10-13)21-15(11-20)12-4-6-14(19)7-5-12/h4-7,13,15-16H,8-11,20H2,1-3H3. The molecule has 0 aromatic heterocycles. The van der Waals surface area contributed by atoms with E-state index in [1.807, 2.05) is 0 Å². The number of rotatable bonds is 4. The number of nitrogens with two attached hydrogens (primary N) is 1. The average molecular weight is 291 g/mol. The fourth-order valence-corrected chi connectivity index (χ4v) is 4.48. The van der Waals surface area contributed by atoms with E-state index in [4.69, 9.17) is 10.5 Å². The summed E-state index contributed by atoms with van der Waals surface area (Å²) in [4.78, 5) is 0. The van der Waals surface area contributed by atoms with E-state index in [1.165, 1.54) is 25.0 Å². The van der Waals surface area contributed by atoms with Gasteiger partial charge in [-0.3, -0.25) is 0 Å². The smallest absolute Gasteiger partial charge is 0.123 e. The van der Waals surface area contributed by atoms with Gasteiger partial charge in [0.2, 0.25) is 0 Å². The number of hydrogen-bond donors (Lipinski definition) is 1. The fourth-order valence-electron chi connectivity index (χ4n) is 4.48. The normalized spacial score (nSPS) is 35.1. The molecule has 0 aliphatic heterocycles. The van der Waals surface area contributed by atoms with E-state index in [0.29, 0.717) is 12.0 Å². The number of benzene rings is 1. The van der Waals surface area contributed by atoms with E-state index < -0.39 is 0 Å². The molecule has 2 saturated carbocycles. The van der Waals surface area contributed by atoms with Gasteiger partial charge in [0.25, 0.3) is 0 Å². The molecular weight excluding hydrogens is 265 g/mol. The van der Waals surface area contributed by atoms with Crippen LogP contribution in [0.3, 0.4) is 0 Å². The van der Waals surface area contributed by atoms with Gasteiger partial charge in [0.1, 0.15) is 5.82 Å². The number of halogens is 1. The third-order valence-electron chi connectivity index (χ3n) is 6.50. The van der Waals surface area contributed by atoms with E-state index in [9.17, 15) is 4.39 Å². The maximum atomic E-state index is 13.1. The Morgan fingerprint density at radius 1 is 1.29 bits per heavy atom. The Morgan fingerprint density at radius 3 is 2.43 bits per heavy atom. The van der Waals surface area contributed by atoms with Gasteiger partial charge in [-0.05, 0) is 53.7 Å². The molecule has 0 saturated heterocycles. The summed E-state index contributed by atoms with van der Waals surface area (Å²) in [6, 6.07) is 6.53. The second kappa shape index (κ2) is 5.06. The van der Waals surface area contributed by atoms with Crippen molar-refractivity contribution in [1.82, 2.24) is 0 Å². The van der Waals surface area contributed by atoms with Crippen molar-refractivity contribution in [2.24, 2.45) is 22.5 Å². The molecule has 0 heterocycles. The largest absolute Gasteiger partial charge is 0.368 e. The Morgan fingerprint density at radius 2 is 1.95 bits per heavy atom. The van der Waals surface area contributed by atoms with Crippen molar-refractivity contribution in [3.05, 3.63) is 35.6 Å². The van der Waals surface area contributed by atoms with Crippen LogP contribution < -0.4 is 5.73 Å². The summed E-state index contributed by atoms with van der Waals surface area (Å²) < 4.78 is 19.5. The van der Waals surface area contributed by atoms with Gasteiger partial charge in [-0.2, -0.15) is 0 Å². The summed E-state index contributed by atoms with van der Waals surface area (Å²) in [5, 5.41) is 0. The van der Waals surface area contributed by atoms with Crippen LogP contribution in [0, 0.1) is 22.6 Å². The molecule has 3 heteroatoms. The van der Waals surface area contributed by atoms with E-state index in [2.05, 4.69) is 20.8 Å². The first-order chi connectivity index (χ1) is 9.88. The van der Waals surface area contributed by atoms with Gasteiger partial charge in [-0.1, -0.05) is 32.9 Å². The maximum Gasteiger partial charge on any atom is 0.123 e. The zero-order valence-electron chi connectivity index (χ0n) is 13.2. The second-order valence-electron chi connectivity index (χ2n) is 7.51. The maximum absolute atomic E-state index is 13.1. The average Bonchev–Trinajstić information content (AvgIpc) is 2.79. The van der Waals surface area contributed by atoms with Crippen LogP contribution in [0.25, 0.3) is 0 Å². The van der Waals surface area contributed by atoms with E-state index in [0.717, 1.165) is 17.9 Å². The van der Waals surface area contributed by atoms with Crippen molar-refractivity contribution in [1.29, 1.82) is 0 Å². The Hall–Kier alpha value is -0.930. The lowest BCUT2D eigenvalue weighted by Gasteiger charge is -2.40. The molecule has 4 unspecified atom stereocenters. The van der Waals surface area contributed by atoms with Crippen molar-refractivity contribution < 1.29 is 9.13 Å². The molecule has 2 nitrogen and oxygen atoms in total. The summed E-state index contributed by atoms with van der Waals surface area (Å²) in [5.74, 6) is 0.529. The predicted molar refractivity (Wildman–Crippen MR) is 82.3 cm³/mol. The minimum Gasteiger partial charge on any atom is -0.368 e.